The van der Waals surface area contributed by atoms with Crippen LogP contribution in [0.25, 0.3) is 0 Å². The number of hydrogen-bond acceptors (Lipinski definition) is 3. The lowest BCUT2D eigenvalue weighted by Crippen LogP contribution is -2.33. The molecule has 1 unspecified atom stereocenters. The fourth-order valence-corrected chi connectivity index (χ4v) is 2.61. The van der Waals surface area contributed by atoms with Crippen LogP contribution in [0.2, 0.25) is 0 Å². The first kappa shape index (κ1) is 12.8. The van der Waals surface area contributed by atoms with Crippen molar-refractivity contribution in [2.45, 2.75) is 57.0 Å². The van der Waals surface area contributed by atoms with Crippen LogP contribution in [0, 0.1) is 0 Å². The summed E-state index contributed by atoms with van der Waals surface area (Å²) in [6, 6.07) is 1.58. The predicted octanol–water partition coefficient (Wildman–Crippen LogP) is 1.46. The van der Waals surface area contributed by atoms with Crippen LogP contribution < -0.4 is 5.32 Å². The summed E-state index contributed by atoms with van der Waals surface area (Å²) >= 11 is 0. The summed E-state index contributed by atoms with van der Waals surface area (Å²) in [6.45, 7) is 3.53. The molecule has 0 aromatic rings. The quantitative estimate of drug-likeness (QED) is 0.631. The van der Waals surface area contributed by atoms with Crippen LogP contribution >= 0.6 is 0 Å². The van der Waals surface area contributed by atoms with Crippen molar-refractivity contribution in [3.8, 4) is 0 Å². The zero-order valence-corrected chi connectivity index (χ0v) is 10.5. The van der Waals surface area contributed by atoms with E-state index in [0.29, 0.717) is 12.5 Å². The van der Waals surface area contributed by atoms with Crippen molar-refractivity contribution in [1.82, 2.24) is 10.2 Å². The van der Waals surface area contributed by atoms with Crippen LogP contribution in [0.4, 0.5) is 0 Å². The Kier molecular flexibility index (Phi) is 4.80. The zero-order valence-electron chi connectivity index (χ0n) is 10.5. The summed E-state index contributed by atoms with van der Waals surface area (Å²) in [6.07, 6.45) is 7.36. The monoisotopic (exact) mass is 240 g/mol. The van der Waals surface area contributed by atoms with Gasteiger partial charge < -0.3 is 10.4 Å². The number of rotatable bonds is 8. The van der Waals surface area contributed by atoms with E-state index >= 15 is 0 Å². The maximum absolute atomic E-state index is 10.3. The topological polar surface area (TPSA) is 52.6 Å². The molecule has 0 aromatic carbocycles. The molecule has 0 spiro atoms. The Hall–Kier alpha value is -0.610. The first-order valence-electron chi connectivity index (χ1n) is 6.95. The third-order valence-electron chi connectivity index (χ3n) is 3.78. The maximum atomic E-state index is 10.3. The molecule has 2 fully saturated rings. The van der Waals surface area contributed by atoms with Crippen molar-refractivity contribution in [2.24, 2.45) is 0 Å². The smallest absolute Gasteiger partial charge is 0.303 e. The van der Waals surface area contributed by atoms with Crippen LogP contribution in [0.1, 0.15) is 44.9 Å². The van der Waals surface area contributed by atoms with Crippen molar-refractivity contribution in [3.05, 3.63) is 0 Å². The lowest BCUT2D eigenvalue weighted by atomic mass is 10.2. The van der Waals surface area contributed by atoms with Gasteiger partial charge in [0.25, 0.3) is 0 Å². The third-order valence-corrected chi connectivity index (χ3v) is 3.78. The standard InChI is InChI=1S/C13H24N2O2/c16-13(17)4-2-1-3-8-14-11-7-9-15(10-11)12-5-6-12/h11-12,14H,1-10H2,(H,16,17). The maximum Gasteiger partial charge on any atom is 0.303 e. The van der Waals surface area contributed by atoms with E-state index in [2.05, 4.69) is 10.2 Å². The molecule has 98 valence electrons. The Labute approximate surface area is 103 Å². The highest BCUT2D eigenvalue weighted by Crippen LogP contribution is 2.29. The first-order valence-corrected chi connectivity index (χ1v) is 6.95. The highest BCUT2D eigenvalue weighted by Gasteiger charge is 2.33. The number of hydrogen-bond donors (Lipinski definition) is 2. The number of nitrogens with one attached hydrogen (secondary N) is 1. The number of carboxylic acid groups (broad SMARTS) is 1. The molecule has 0 bridgehead atoms. The molecule has 0 radical (unpaired) electrons. The van der Waals surface area contributed by atoms with Gasteiger partial charge in [0.1, 0.15) is 0 Å². The SMILES string of the molecule is O=C(O)CCCCCNC1CCN(C2CC2)C1. The fourth-order valence-electron chi connectivity index (χ4n) is 2.61. The predicted molar refractivity (Wildman–Crippen MR) is 67.1 cm³/mol. The average Bonchev–Trinajstić information content (AvgIpc) is 3.04. The Morgan fingerprint density at radius 1 is 1.24 bits per heavy atom. The van der Waals surface area contributed by atoms with Gasteiger partial charge in [-0.15, -0.1) is 0 Å². The minimum atomic E-state index is -0.672. The molecule has 4 nitrogen and oxygen atoms in total. The summed E-state index contributed by atoms with van der Waals surface area (Å²) in [5.74, 6) is -0.672. The molecular formula is C13H24N2O2. The van der Waals surface area contributed by atoms with E-state index in [1.807, 2.05) is 0 Å². The second kappa shape index (κ2) is 6.36. The Morgan fingerprint density at radius 3 is 2.76 bits per heavy atom. The van der Waals surface area contributed by atoms with Crippen molar-refractivity contribution in [3.63, 3.8) is 0 Å². The van der Waals surface area contributed by atoms with Crippen LogP contribution in [0.15, 0.2) is 0 Å². The molecule has 1 heterocycles. The molecular weight excluding hydrogens is 216 g/mol. The summed E-state index contributed by atoms with van der Waals surface area (Å²) in [4.78, 5) is 12.9. The van der Waals surface area contributed by atoms with E-state index in [4.69, 9.17) is 5.11 Å². The van der Waals surface area contributed by atoms with Crippen LogP contribution in [-0.2, 0) is 4.79 Å². The minimum Gasteiger partial charge on any atom is -0.481 e. The molecule has 0 amide bonds. The number of carbonyl (C=O) groups is 1. The van der Waals surface area contributed by atoms with E-state index < -0.39 is 5.97 Å². The van der Waals surface area contributed by atoms with E-state index in [0.717, 1.165) is 31.8 Å². The van der Waals surface area contributed by atoms with Gasteiger partial charge in [0, 0.05) is 31.6 Å². The summed E-state index contributed by atoms with van der Waals surface area (Å²) in [5.41, 5.74) is 0. The molecule has 2 rings (SSSR count). The van der Waals surface area contributed by atoms with E-state index in [9.17, 15) is 4.79 Å². The van der Waals surface area contributed by atoms with Crippen molar-refractivity contribution < 1.29 is 9.90 Å². The molecule has 1 saturated heterocycles. The Morgan fingerprint density at radius 2 is 2.06 bits per heavy atom. The van der Waals surface area contributed by atoms with Gasteiger partial charge >= 0.3 is 5.97 Å². The Bertz CT molecular complexity index is 254. The van der Waals surface area contributed by atoms with Gasteiger partial charge in [0.05, 0.1) is 0 Å². The van der Waals surface area contributed by atoms with Gasteiger partial charge in [0.15, 0.2) is 0 Å². The number of nitrogens with zero attached hydrogens (tertiary/aromatic N) is 1. The second-order valence-corrected chi connectivity index (χ2v) is 5.37. The Balaban J connectivity index is 1.44. The first-order chi connectivity index (χ1) is 8.25. The number of aliphatic carboxylic acids is 1. The molecule has 2 N–H and O–H groups in total. The number of likely N-dealkylation sites (tertiary alicyclic amines) is 1. The van der Waals surface area contributed by atoms with E-state index in [1.165, 1.54) is 32.4 Å². The van der Waals surface area contributed by atoms with Gasteiger partial charge in [0.2, 0.25) is 0 Å². The van der Waals surface area contributed by atoms with E-state index in [-0.39, 0.29) is 0 Å². The molecule has 1 atom stereocenters. The lowest BCUT2D eigenvalue weighted by molar-refractivity contribution is -0.137. The molecule has 4 heteroatoms. The van der Waals surface area contributed by atoms with Gasteiger partial charge in [-0.25, -0.2) is 0 Å². The molecule has 17 heavy (non-hydrogen) atoms. The van der Waals surface area contributed by atoms with E-state index in [1.54, 1.807) is 0 Å². The molecule has 1 saturated carbocycles. The number of carboxylic acids is 1. The minimum absolute atomic E-state index is 0.318. The van der Waals surface area contributed by atoms with Gasteiger partial charge in [-0.3, -0.25) is 9.69 Å². The van der Waals surface area contributed by atoms with Gasteiger partial charge in [-0.05, 0) is 38.6 Å². The van der Waals surface area contributed by atoms with Crippen LogP contribution in [-0.4, -0.2) is 47.7 Å². The van der Waals surface area contributed by atoms with Crippen molar-refractivity contribution in [2.75, 3.05) is 19.6 Å². The zero-order chi connectivity index (χ0) is 12.1. The molecule has 1 aliphatic carbocycles. The highest BCUT2D eigenvalue weighted by molar-refractivity contribution is 5.66. The normalized spacial score (nSPS) is 25.3. The van der Waals surface area contributed by atoms with Gasteiger partial charge in [-0.1, -0.05) is 6.42 Å². The molecule has 2 aliphatic rings. The molecule has 1 aliphatic heterocycles. The van der Waals surface area contributed by atoms with Crippen LogP contribution in [0.3, 0.4) is 0 Å². The van der Waals surface area contributed by atoms with Gasteiger partial charge in [-0.2, -0.15) is 0 Å². The third kappa shape index (κ3) is 4.64. The molecule has 0 aromatic heterocycles. The summed E-state index contributed by atoms with van der Waals surface area (Å²) < 4.78 is 0. The highest BCUT2D eigenvalue weighted by atomic mass is 16.4. The van der Waals surface area contributed by atoms with Crippen molar-refractivity contribution in [1.29, 1.82) is 0 Å². The number of unbranched alkanes of at least 4 members (excludes halogenated alkanes) is 2. The van der Waals surface area contributed by atoms with Crippen molar-refractivity contribution >= 4 is 5.97 Å². The summed E-state index contributed by atoms with van der Waals surface area (Å²) in [7, 11) is 0. The largest absolute Gasteiger partial charge is 0.481 e. The second-order valence-electron chi connectivity index (χ2n) is 5.37. The van der Waals surface area contributed by atoms with Crippen LogP contribution in [0.5, 0.6) is 0 Å². The summed E-state index contributed by atoms with van der Waals surface area (Å²) in [5, 5.41) is 12.1. The lowest BCUT2D eigenvalue weighted by Gasteiger charge is -2.15. The average molecular weight is 240 g/mol. The fraction of sp³-hybridized carbons (Fsp3) is 0.923.